The van der Waals surface area contributed by atoms with E-state index in [1.165, 1.54) is 28.7 Å². The number of carbonyl (C=O) groups is 4. The van der Waals surface area contributed by atoms with Gasteiger partial charge in [-0.15, -0.1) is 0 Å². The van der Waals surface area contributed by atoms with Crippen LogP contribution in [0.5, 0.6) is 0 Å². The Labute approximate surface area is 207 Å². The zero-order chi connectivity index (χ0) is 25.2. The first-order valence-corrected chi connectivity index (χ1v) is 11.8. The number of benzene rings is 2. The Kier molecular flexibility index (Phi) is 6.37. The summed E-state index contributed by atoms with van der Waals surface area (Å²) in [7, 11) is 0. The van der Waals surface area contributed by atoms with Crippen molar-refractivity contribution in [2.75, 3.05) is 16.8 Å². The zero-order valence-electron chi connectivity index (χ0n) is 19.7. The van der Waals surface area contributed by atoms with Crippen LogP contribution in [0.4, 0.5) is 11.5 Å². The van der Waals surface area contributed by atoms with Crippen molar-refractivity contribution in [2.45, 2.75) is 32.1 Å². The van der Waals surface area contributed by atoms with Crippen LogP contribution in [0.3, 0.4) is 0 Å². The SMILES string of the molecule is Cc1cc(NC(=O)COC(=O)c2ccc(N3C(=O)[C@H]4C[C@@H](c5ccccc5)CC[C@H]4C3=O)cc2)no1. The van der Waals surface area contributed by atoms with Crippen molar-refractivity contribution in [2.24, 2.45) is 11.8 Å². The molecule has 1 aliphatic heterocycles. The molecular formula is C27H25N3O6. The van der Waals surface area contributed by atoms with Crippen molar-refractivity contribution in [3.8, 4) is 0 Å². The van der Waals surface area contributed by atoms with Gasteiger partial charge in [-0.05, 0) is 61.9 Å². The van der Waals surface area contributed by atoms with E-state index in [0.29, 0.717) is 24.3 Å². The number of hydrogen-bond donors (Lipinski definition) is 1. The van der Waals surface area contributed by atoms with Gasteiger partial charge < -0.3 is 14.6 Å². The van der Waals surface area contributed by atoms with Gasteiger partial charge in [-0.2, -0.15) is 0 Å². The molecule has 3 atom stereocenters. The first kappa shape index (κ1) is 23.5. The Morgan fingerprint density at radius 2 is 1.75 bits per heavy atom. The van der Waals surface area contributed by atoms with Gasteiger partial charge in [0.05, 0.1) is 23.1 Å². The number of nitrogens with zero attached hydrogens (tertiary/aromatic N) is 2. The number of aromatic nitrogens is 1. The monoisotopic (exact) mass is 487 g/mol. The molecule has 1 saturated carbocycles. The number of anilines is 2. The van der Waals surface area contributed by atoms with Crippen molar-refractivity contribution < 1.29 is 28.4 Å². The fourth-order valence-electron chi connectivity index (χ4n) is 5.03. The van der Waals surface area contributed by atoms with Gasteiger partial charge in [-0.25, -0.2) is 4.79 Å². The predicted octanol–water partition coefficient (Wildman–Crippen LogP) is 3.85. The quantitative estimate of drug-likeness (QED) is 0.414. The molecule has 9 nitrogen and oxygen atoms in total. The lowest BCUT2D eigenvalue weighted by atomic mass is 9.73. The summed E-state index contributed by atoms with van der Waals surface area (Å²) in [6.07, 6.45) is 2.19. The van der Waals surface area contributed by atoms with E-state index in [1.807, 2.05) is 18.2 Å². The van der Waals surface area contributed by atoms with Gasteiger partial charge in [0.25, 0.3) is 5.91 Å². The lowest BCUT2D eigenvalue weighted by molar-refractivity contribution is -0.122. The normalized spacial score (nSPS) is 21.2. The summed E-state index contributed by atoms with van der Waals surface area (Å²) in [6.45, 7) is 1.19. The van der Waals surface area contributed by atoms with Crippen LogP contribution in [-0.4, -0.2) is 35.5 Å². The summed E-state index contributed by atoms with van der Waals surface area (Å²) >= 11 is 0. The highest BCUT2D eigenvalue weighted by Gasteiger charge is 2.50. The average Bonchev–Trinajstić information content (AvgIpc) is 3.42. The molecule has 2 heterocycles. The van der Waals surface area contributed by atoms with E-state index in [4.69, 9.17) is 9.26 Å². The van der Waals surface area contributed by atoms with Crippen molar-refractivity contribution in [1.82, 2.24) is 5.16 Å². The second kappa shape index (κ2) is 9.77. The van der Waals surface area contributed by atoms with Crippen molar-refractivity contribution >= 4 is 35.2 Å². The minimum Gasteiger partial charge on any atom is -0.452 e. The number of fused-ring (bicyclic) bond motifs is 1. The molecule has 2 fully saturated rings. The highest BCUT2D eigenvalue weighted by molar-refractivity contribution is 6.22. The van der Waals surface area contributed by atoms with E-state index in [2.05, 4.69) is 22.6 Å². The summed E-state index contributed by atoms with van der Waals surface area (Å²) < 4.78 is 9.91. The Morgan fingerprint density at radius 1 is 1.03 bits per heavy atom. The molecule has 184 valence electrons. The van der Waals surface area contributed by atoms with Gasteiger partial charge in [-0.3, -0.25) is 19.3 Å². The molecule has 36 heavy (non-hydrogen) atoms. The maximum Gasteiger partial charge on any atom is 0.338 e. The Bertz CT molecular complexity index is 1300. The van der Waals surface area contributed by atoms with E-state index in [0.717, 1.165) is 6.42 Å². The highest BCUT2D eigenvalue weighted by atomic mass is 16.5. The van der Waals surface area contributed by atoms with E-state index < -0.39 is 18.5 Å². The topological polar surface area (TPSA) is 119 Å². The molecule has 0 radical (unpaired) electrons. The lowest BCUT2D eigenvalue weighted by Gasteiger charge is -2.28. The van der Waals surface area contributed by atoms with Gasteiger partial charge in [0.15, 0.2) is 12.4 Å². The first-order valence-electron chi connectivity index (χ1n) is 11.8. The molecule has 1 N–H and O–H groups in total. The number of ether oxygens (including phenoxy) is 1. The fourth-order valence-corrected chi connectivity index (χ4v) is 5.03. The second-order valence-corrected chi connectivity index (χ2v) is 9.14. The molecule has 1 aromatic heterocycles. The molecule has 0 spiro atoms. The second-order valence-electron chi connectivity index (χ2n) is 9.14. The Morgan fingerprint density at radius 3 is 2.44 bits per heavy atom. The smallest absolute Gasteiger partial charge is 0.338 e. The van der Waals surface area contributed by atoms with Crippen LogP contribution in [-0.2, 0) is 19.1 Å². The molecule has 0 bridgehead atoms. The van der Waals surface area contributed by atoms with Gasteiger partial charge in [0.1, 0.15) is 5.76 Å². The molecule has 0 unspecified atom stereocenters. The molecule has 1 saturated heterocycles. The predicted molar refractivity (Wildman–Crippen MR) is 129 cm³/mol. The molecule has 2 aromatic carbocycles. The number of rotatable bonds is 6. The first-order chi connectivity index (χ1) is 17.4. The van der Waals surface area contributed by atoms with Crippen LogP contribution in [0.1, 0.15) is 46.9 Å². The van der Waals surface area contributed by atoms with Gasteiger partial charge >= 0.3 is 5.97 Å². The Hall–Kier alpha value is -4.27. The standard InChI is InChI=1S/C27H25N3O6/c1-16-13-23(29-36-16)28-24(31)15-35-27(34)18-7-10-20(11-8-18)30-25(32)21-12-9-19(14-22(21)26(30)33)17-5-3-2-4-6-17/h2-8,10-11,13,19,21-22H,9,12,14-15H2,1H3,(H,28,29,31)/t19-,21+,22-/m0/s1. The number of aryl methyl sites for hydroxylation is 1. The van der Waals surface area contributed by atoms with E-state index in [1.54, 1.807) is 19.1 Å². The minimum absolute atomic E-state index is 0.188. The van der Waals surface area contributed by atoms with Crippen molar-refractivity contribution in [1.29, 1.82) is 0 Å². The summed E-state index contributed by atoms with van der Waals surface area (Å²) in [6, 6.07) is 17.7. The minimum atomic E-state index is -0.702. The van der Waals surface area contributed by atoms with Crippen molar-refractivity contribution in [3.05, 3.63) is 77.6 Å². The third-order valence-electron chi connectivity index (χ3n) is 6.79. The van der Waals surface area contributed by atoms with Gasteiger partial charge in [-0.1, -0.05) is 35.5 Å². The van der Waals surface area contributed by atoms with Gasteiger partial charge in [0.2, 0.25) is 11.8 Å². The lowest BCUT2D eigenvalue weighted by Crippen LogP contribution is -2.30. The average molecular weight is 488 g/mol. The van der Waals surface area contributed by atoms with Crippen LogP contribution in [0.2, 0.25) is 0 Å². The van der Waals surface area contributed by atoms with Gasteiger partial charge in [0, 0.05) is 6.07 Å². The maximum absolute atomic E-state index is 13.2. The number of imide groups is 1. The molecule has 9 heteroatoms. The number of amides is 3. The molecule has 3 amide bonds. The molecular weight excluding hydrogens is 462 g/mol. The van der Waals surface area contributed by atoms with E-state index in [9.17, 15) is 19.2 Å². The van der Waals surface area contributed by atoms with Crippen LogP contribution < -0.4 is 10.2 Å². The molecule has 2 aliphatic rings. The van der Waals surface area contributed by atoms with E-state index >= 15 is 0 Å². The number of hydrogen-bond acceptors (Lipinski definition) is 7. The van der Waals surface area contributed by atoms with Crippen LogP contribution >= 0.6 is 0 Å². The van der Waals surface area contributed by atoms with Crippen LogP contribution in [0, 0.1) is 18.8 Å². The summed E-state index contributed by atoms with van der Waals surface area (Å²) in [5, 5.41) is 6.10. The summed E-state index contributed by atoms with van der Waals surface area (Å²) in [4.78, 5) is 51.9. The summed E-state index contributed by atoms with van der Waals surface area (Å²) in [5.41, 5.74) is 1.82. The highest BCUT2D eigenvalue weighted by Crippen LogP contribution is 2.45. The number of esters is 1. The number of carbonyl (C=O) groups excluding carboxylic acids is 4. The molecule has 1 aliphatic carbocycles. The third kappa shape index (κ3) is 4.64. The summed E-state index contributed by atoms with van der Waals surface area (Å²) in [5.74, 6) is -1.27. The third-order valence-corrected chi connectivity index (χ3v) is 6.79. The van der Waals surface area contributed by atoms with Crippen LogP contribution in [0.15, 0.2) is 65.2 Å². The number of nitrogens with one attached hydrogen (secondary N) is 1. The molecule has 3 aromatic rings. The van der Waals surface area contributed by atoms with Crippen molar-refractivity contribution in [3.63, 3.8) is 0 Å². The maximum atomic E-state index is 13.2. The van der Waals surface area contributed by atoms with E-state index in [-0.39, 0.29) is 40.9 Å². The molecule has 5 rings (SSSR count). The van der Waals surface area contributed by atoms with Crippen LogP contribution in [0.25, 0.3) is 0 Å². The zero-order valence-corrected chi connectivity index (χ0v) is 19.7. The Balaban J connectivity index is 1.21. The largest absolute Gasteiger partial charge is 0.452 e. The fraction of sp³-hybridized carbons (Fsp3) is 0.296.